The molecule has 0 radical (unpaired) electrons. The SMILES string of the molecule is CC1(C)CC(C)(C)c2cc(F)ccc21. The van der Waals surface area contributed by atoms with Crippen LogP contribution in [-0.2, 0) is 10.8 Å². The fraction of sp³-hybridized carbons (Fsp3) is 0.538. The highest BCUT2D eigenvalue weighted by atomic mass is 19.1. The monoisotopic (exact) mass is 192 g/mol. The molecule has 0 unspecified atom stereocenters. The minimum absolute atomic E-state index is 0.112. The Morgan fingerprint density at radius 2 is 1.57 bits per heavy atom. The van der Waals surface area contributed by atoms with Crippen LogP contribution < -0.4 is 0 Å². The number of rotatable bonds is 0. The molecule has 0 fully saturated rings. The molecule has 0 N–H and O–H groups in total. The molecule has 14 heavy (non-hydrogen) atoms. The van der Waals surface area contributed by atoms with Gasteiger partial charge in [-0.05, 0) is 40.5 Å². The molecule has 1 aromatic carbocycles. The van der Waals surface area contributed by atoms with Crippen molar-refractivity contribution >= 4 is 0 Å². The normalized spacial score (nSPS) is 22.1. The third kappa shape index (κ3) is 1.26. The summed E-state index contributed by atoms with van der Waals surface area (Å²) in [5, 5.41) is 0. The predicted octanol–water partition coefficient (Wildman–Crippen LogP) is 3.78. The van der Waals surface area contributed by atoms with Gasteiger partial charge in [-0.2, -0.15) is 0 Å². The standard InChI is InChI=1S/C13H17F/c1-12(2)8-13(3,4)11-7-9(14)5-6-10(11)12/h5-7H,8H2,1-4H3. The molecule has 0 amide bonds. The zero-order valence-electron chi connectivity index (χ0n) is 9.32. The van der Waals surface area contributed by atoms with Gasteiger partial charge in [-0.15, -0.1) is 0 Å². The molecule has 1 aliphatic carbocycles. The van der Waals surface area contributed by atoms with Gasteiger partial charge >= 0.3 is 0 Å². The number of hydrogen-bond acceptors (Lipinski definition) is 0. The van der Waals surface area contributed by atoms with Crippen LogP contribution in [0.5, 0.6) is 0 Å². The first-order valence-corrected chi connectivity index (χ1v) is 5.13. The number of benzene rings is 1. The maximum atomic E-state index is 13.2. The topological polar surface area (TPSA) is 0 Å². The Morgan fingerprint density at radius 1 is 1.00 bits per heavy atom. The minimum Gasteiger partial charge on any atom is -0.207 e. The number of hydrogen-bond donors (Lipinski definition) is 0. The number of halogens is 1. The van der Waals surface area contributed by atoms with E-state index in [1.54, 1.807) is 12.1 Å². The largest absolute Gasteiger partial charge is 0.207 e. The van der Waals surface area contributed by atoms with E-state index in [2.05, 4.69) is 27.7 Å². The van der Waals surface area contributed by atoms with E-state index in [-0.39, 0.29) is 16.6 Å². The van der Waals surface area contributed by atoms with E-state index in [1.165, 1.54) is 11.1 Å². The molecule has 76 valence electrons. The lowest BCUT2D eigenvalue weighted by atomic mass is 9.82. The average molecular weight is 192 g/mol. The highest BCUT2D eigenvalue weighted by Gasteiger charge is 2.41. The first kappa shape index (κ1) is 9.70. The van der Waals surface area contributed by atoms with E-state index >= 15 is 0 Å². The summed E-state index contributed by atoms with van der Waals surface area (Å²) in [7, 11) is 0. The zero-order valence-corrected chi connectivity index (χ0v) is 9.32. The van der Waals surface area contributed by atoms with Gasteiger partial charge < -0.3 is 0 Å². The zero-order chi connectivity index (χ0) is 10.6. The summed E-state index contributed by atoms with van der Waals surface area (Å²) >= 11 is 0. The Kier molecular flexibility index (Phi) is 1.79. The molecule has 2 rings (SSSR count). The van der Waals surface area contributed by atoms with E-state index < -0.39 is 0 Å². The molecule has 0 atom stereocenters. The molecule has 1 aromatic rings. The van der Waals surface area contributed by atoms with Crippen LogP contribution in [0.25, 0.3) is 0 Å². The fourth-order valence-corrected chi connectivity index (χ4v) is 2.96. The van der Waals surface area contributed by atoms with Gasteiger partial charge in [-0.3, -0.25) is 0 Å². The molecule has 1 aliphatic rings. The van der Waals surface area contributed by atoms with Crippen molar-refractivity contribution < 1.29 is 4.39 Å². The first-order chi connectivity index (χ1) is 6.33. The van der Waals surface area contributed by atoms with Crippen LogP contribution >= 0.6 is 0 Å². The lowest BCUT2D eigenvalue weighted by molar-refractivity contribution is 0.403. The third-order valence-electron chi connectivity index (χ3n) is 3.32. The van der Waals surface area contributed by atoms with Crippen molar-refractivity contribution in [3.63, 3.8) is 0 Å². The van der Waals surface area contributed by atoms with Gasteiger partial charge in [0.05, 0.1) is 0 Å². The molecule has 0 bridgehead atoms. The summed E-state index contributed by atoms with van der Waals surface area (Å²) in [5.74, 6) is -0.116. The minimum atomic E-state index is -0.116. The molecule has 0 saturated carbocycles. The van der Waals surface area contributed by atoms with E-state index in [1.807, 2.05) is 6.07 Å². The van der Waals surface area contributed by atoms with Crippen molar-refractivity contribution in [2.45, 2.75) is 44.9 Å². The van der Waals surface area contributed by atoms with Crippen molar-refractivity contribution in [2.24, 2.45) is 0 Å². The summed E-state index contributed by atoms with van der Waals surface area (Å²) in [4.78, 5) is 0. The molecular weight excluding hydrogens is 175 g/mol. The summed E-state index contributed by atoms with van der Waals surface area (Å²) in [6.45, 7) is 8.86. The van der Waals surface area contributed by atoms with Gasteiger partial charge in [0, 0.05) is 0 Å². The maximum Gasteiger partial charge on any atom is 0.123 e. The molecule has 1 heteroatoms. The van der Waals surface area contributed by atoms with E-state index in [9.17, 15) is 4.39 Å². The molecule has 0 nitrogen and oxygen atoms in total. The molecule has 0 aromatic heterocycles. The number of fused-ring (bicyclic) bond motifs is 1. The second-order valence-electron chi connectivity index (χ2n) is 5.63. The van der Waals surface area contributed by atoms with Crippen LogP contribution in [0.2, 0.25) is 0 Å². The van der Waals surface area contributed by atoms with Crippen molar-refractivity contribution in [3.8, 4) is 0 Å². The Morgan fingerprint density at radius 3 is 2.21 bits per heavy atom. The summed E-state index contributed by atoms with van der Waals surface area (Å²) in [6, 6.07) is 5.21. The van der Waals surface area contributed by atoms with Crippen molar-refractivity contribution in [1.29, 1.82) is 0 Å². The second-order valence-corrected chi connectivity index (χ2v) is 5.63. The van der Waals surface area contributed by atoms with Crippen LogP contribution in [0.3, 0.4) is 0 Å². The fourth-order valence-electron chi connectivity index (χ4n) is 2.96. The van der Waals surface area contributed by atoms with Crippen molar-refractivity contribution in [2.75, 3.05) is 0 Å². The van der Waals surface area contributed by atoms with Crippen LogP contribution in [0.15, 0.2) is 18.2 Å². The van der Waals surface area contributed by atoms with Crippen LogP contribution in [0.4, 0.5) is 4.39 Å². The lowest BCUT2D eigenvalue weighted by Crippen LogP contribution is -2.17. The van der Waals surface area contributed by atoms with E-state index in [0.717, 1.165) is 6.42 Å². The Labute approximate surface area is 85.1 Å². The molecule has 0 spiro atoms. The van der Waals surface area contributed by atoms with E-state index in [4.69, 9.17) is 0 Å². The smallest absolute Gasteiger partial charge is 0.123 e. The van der Waals surface area contributed by atoms with Gasteiger partial charge in [-0.25, -0.2) is 4.39 Å². The van der Waals surface area contributed by atoms with Gasteiger partial charge in [0.15, 0.2) is 0 Å². The van der Waals surface area contributed by atoms with Crippen LogP contribution in [0, 0.1) is 5.82 Å². The van der Waals surface area contributed by atoms with Crippen molar-refractivity contribution in [3.05, 3.63) is 35.1 Å². The highest BCUT2D eigenvalue weighted by Crippen LogP contribution is 2.49. The molecule has 0 saturated heterocycles. The van der Waals surface area contributed by atoms with E-state index in [0.29, 0.717) is 0 Å². The average Bonchev–Trinajstić information content (AvgIpc) is 2.17. The Balaban J connectivity index is 2.66. The van der Waals surface area contributed by atoms with Gasteiger partial charge in [-0.1, -0.05) is 33.8 Å². The molecule has 0 aliphatic heterocycles. The molecular formula is C13H17F. The van der Waals surface area contributed by atoms with Gasteiger partial charge in [0.1, 0.15) is 5.82 Å². The van der Waals surface area contributed by atoms with Crippen LogP contribution in [0.1, 0.15) is 45.2 Å². The second kappa shape index (κ2) is 2.59. The third-order valence-corrected chi connectivity index (χ3v) is 3.32. The van der Waals surface area contributed by atoms with Crippen molar-refractivity contribution in [1.82, 2.24) is 0 Å². The molecule has 0 heterocycles. The highest BCUT2D eigenvalue weighted by molar-refractivity contribution is 5.44. The van der Waals surface area contributed by atoms with Crippen LogP contribution in [-0.4, -0.2) is 0 Å². The predicted molar refractivity (Wildman–Crippen MR) is 57.1 cm³/mol. The lowest BCUT2D eigenvalue weighted by Gasteiger charge is -2.22. The summed E-state index contributed by atoms with van der Waals surface area (Å²) in [5.41, 5.74) is 2.79. The van der Waals surface area contributed by atoms with Gasteiger partial charge in [0.2, 0.25) is 0 Å². The quantitative estimate of drug-likeness (QED) is 0.586. The Bertz CT molecular complexity index is 375. The summed E-state index contributed by atoms with van der Waals surface area (Å²) in [6.07, 6.45) is 1.10. The summed E-state index contributed by atoms with van der Waals surface area (Å²) < 4.78 is 13.2. The first-order valence-electron chi connectivity index (χ1n) is 5.13. The van der Waals surface area contributed by atoms with Gasteiger partial charge in [0.25, 0.3) is 0 Å². The maximum absolute atomic E-state index is 13.2. The Hall–Kier alpha value is -0.850.